The fourth-order valence-corrected chi connectivity index (χ4v) is 3.22. The summed E-state index contributed by atoms with van der Waals surface area (Å²) in [4.78, 5) is 4.40. The third kappa shape index (κ3) is 2.07. The first-order valence-electron chi connectivity index (χ1n) is 5.47. The maximum Gasteiger partial charge on any atom is 0.161 e. The van der Waals surface area contributed by atoms with Crippen LogP contribution in [0.25, 0.3) is 10.9 Å². The summed E-state index contributed by atoms with van der Waals surface area (Å²) >= 11 is 18.1. The number of fused-ring (bicyclic) bond motifs is 1. The lowest BCUT2D eigenvalue weighted by atomic mass is 9.99. The van der Waals surface area contributed by atoms with Crippen LogP contribution >= 0.6 is 34.8 Å². The lowest BCUT2D eigenvalue weighted by Crippen LogP contribution is -1.99. The molecule has 0 atom stereocenters. The molecule has 0 saturated heterocycles. The van der Waals surface area contributed by atoms with Crippen molar-refractivity contribution in [1.82, 2.24) is 4.98 Å². The Bertz CT molecular complexity index is 638. The van der Waals surface area contributed by atoms with E-state index >= 15 is 0 Å². The molecule has 0 spiro atoms. The molecule has 0 amide bonds. The molecular formula is C13H11Cl3FN. The van der Waals surface area contributed by atoms with Gasteiger partial charge in [0.1, 0.15) is 0 Å². The van der Waals surface area contributed by atoms with Crippen molar-refractivity contribution in [3.8, 4) is 0 Å². The van der Waals surface area contributed by atoms with E-state index < -0.39 is 5.82 Å². The standard InChI is InChI=1S/C13H11Cl3FN/c1-5(2)9-6(3)18-8-4-7(14)13(17)12(16)10(8)11(9)15/h4-5H,1-3H3. The van der Waals surface area contributed by atoms with Crippen LogP contribution in [0.5, 0.6) is 0 Å². The van der Waals surface area contributed by atoms with E-state index in [4.69, 9.17) is 34.8 Å². The highest BCUT2D eigenvalue weighted by molar-refractivity contribution is 6.44. The number of pyridine rings is 1. The lowest BCUT2D eigenvalue weighted by Gasteiger charge is -2.15. The summed E-state index contributed by atoms with van der Waals surface area (Å²) in [7, 11) is 0. The molecule has 0 bridgehead atoms. The summed E-state index contributed by atoms with van der Waals surface area (Å²) in [6, 6.07) is 1.45. The molecule has 2 rings (SSSR count). The molecule has 96 valence electrons. The van der Waals surface area contributed by atoms with Crippen molar-refractivity contribution in [3.63, 3.8) is 0 Å². The molecule has 0 aliphatic carbocycles. The van der Waals surface area contributed by atoms with Crippen molar-refractivity contribution >= 4 is 45.7 Å². The Morgan fingerprint density at radius 2 is 1.78 bits per heavy atom. The molecule has 18 heavy (non-hydrogen) atoms. The summed E-state index contributed by atoms with van der Waals surface area (Å²) in [5.41, 5.74) is 2.20. The summed E-state index contributed by atoms with van der Waals surface area (Å²) in [6.45, 7) is 5.87. The number of aryl methyl sites for hydroxylation is 1. The summed E-state index contributed by atoms with van der Waals surface area (Å²) in [5.74, 6) is -0.475. The Labute approximate surface area is 120 Å². The monoisotopic (exact) mass is 305 g/mol. The van der Waals surface area contributed by atoms with Gasteiger partial charge in [-0.15, -0.1) is 0 Å². The molecule has 0 unspecified atom stereocenters. The third-order valence-electron chi connectivity index (χ3n) is 2.85. The molecule has 0 saturated carbocycles. The van der Waals surface area contributed by atoms with Crippen molar-refractivity contribution in [2.75, 3.05) is 0 Å². The molecule has 0 radical (unpaired) electrons. The van der Waals surface area contributed by atoms with Gasteiger partial charge in [0.25, 0.3) is 0 Å². The van der Waals surface area contributed by atoms with E-state index in [9.17, 15) is 4.39 Å². The molecule has 0 N–H and O–H groups in total. The molecule has 5 heteroatoms. The van der Waals surface area contributed by atoms with E-state index in [0.29, 0.717) is 15.9 Å². The van der Waals surface area contributed by atoms with Gasteiger partial charge in [0, 0.05) is 11.1 Å². The normalized spacial score (nSPS) is 11.6. The second-order valence-electron chi connectivity index (χ2n) is 4.46. The van der Waals surface area contributed by atoms with Gasteiger partial charge in [-0.25, -0.2) is 4.39 Å². The molecule has 1 aromatic carbocycles. The van der Waals surface area contributed by atoms with E-state index in [1.165, 1.54) is 6.07 Å². The van der Waals surface area contributed by atoms with Gasteiger partial charge in [0.05, 0.1) is 20.6 Å². The van der Waals surface area contributed by atoms with Crippen molar-refractivity contribution in [1.29, 1.82) is 0 Å². The van der Waals surface area contributed by atoms with Crippen molar-refractivity contribution in [2.45, 2.75) is 26.7 Å². The second kappa shape index (κ2) is 4.84. The SMILES string of the molecule is Cc1nc2cc(Cl)c(F)c(Cl)c2c(Cl)c1C(C)C. The molecule has 2 aromatic rings. The van der Waals surface area contributed by atoms with Gasteiger partial charge in [0.15, 0.2) is 5.82 Å². The van der Waals surface area contributed by atoms with Crippen LogP contribution in [-0.2, 0) is 0 Å². The lowest BCUT2D eigenvalue weighted by molar-refractivity contribution is 0.630. The van der Waals surface area contributed by atoms with Crippen LogP contribution < -0.4 is 0 Å². The predicted octanol–water partition coefficient (Wildman–Crippen LogP) is 5.77. The first-order chi connectivity index (χ1) is 8.34. The maximum atomic E-state index is 13.7. The van der Waals surface area contributed by atoms with Crippen LogP contribution in [0.4, 0.5) is 4.39 Å². The van der Waals surface area contributed by atoms with Gasteiger partial charge in [-0.3, -0.25) is 4.98 Å². The minimum Gasteiger partial charge on any atom is -0.253 e. The Morgan fingerprint density at radius 1 is 1.17 bits per heavy atom. The van der Waals surface area contributed by atoms with Gasteiger partial charge in [-0.2, -0.15) is 0 Å². The Hall–Kier alpha value is -0.570. The van der Waals surface area contributed by atoms with Crippen LogP contribution in [0.3, 0.4) is 0 Å². The second-order valence-corrected chi connectivity index (χ2v) is 5.62. The minimum atomic E-state index is -0.659. The molecule has 1 heterocycles. The Morgan fingerprint density at radius 3 is 2.33 bits per heavy atom. The number of nitrogens with zero attached hydrogens (tertiary/aromatic N) is 1. The van der Waals surface area contributed by atoms with Crippen LogP contribution in [0.2, 0.25) is 15.1 Å². The molecule has 0 aliphatic heterocycles. The van der Waals surface area contributed by atoms with E-state index in [2.05, 4.69) is 4.98 Å². The Kier molecular flexibility index (Phi) is 3.72. The first kappa shape index (κ1) is 13.9. The highest BCUT2D eigenvalue weighted by Crippen LogP contribution is 2.39. The highest BCUT2D eigenvalue weighted by atomic mass is 35.5. The number of halogens is 4. The zero-order chi connectivity index (χ0) is 13.6. The number of hydrogen-bond acceptors (Lipinski definition) is 1. The van der Waals surface area contributed by atoms with E-state index in [1.807, 2.05) is 20.8 Å². The van der Waals surface area contributed by atoms with Crippen LogP contribution in [0.15, 0.2) is 6.07 Å². The molecule has 1 aromatic heterocycles. The van der Waals surface area contributed by atoms with Crippen LogP contribution in [-0.4, -0.2) is 4.98 Å². The zero-order valence-electron chi connectivity index (χ0n) is 10.1. The average molecular weight is 307 g/mol. The minimum absolute atomic E-state index is 0.0484. The third-order valence-corrected chi connectivity index (χ3v) is 3.88. The number of rotatable bonds is 1. The van der Waals surface area contributed by atoms with Crippen molar-refractivity contribution in [3.05, 3.63) is 38.2 Å². The molecule has 0 fully saturated rings. The Balaban J connectivity index is 2.97. The van der Waals surface area contributed by atoms with Gasteiger partial charge in [-0.1, -0.05) is 48.7 Å². The van der Waals surface area contributed by atoms with Gasteiger partial charge in [-0.05, 0) is 24.5 Å². The highest BCUT2D eigenvalue weighted by Gasteiger charge is 2.19. The van der Waals surface area contributed by atoms with Crippen molar-refractivity contribution < 1.29 is 4.39 Å². The fraction of sp³-hybridized carbons (Fsp3) is 0.308. The predicted molar refractivity (Wildman–Crippen MR) is 75.6 cm³/mol. The largest absolute Gasteiger partial charge is 0.253 e. The quantitative estimate of drug-likeness (QED) is 0.610. The fourth-order valence-electron chi connectivity index (χ4n) is 2.09. The smallest absolute Gasteiger partial charge is 0.161 e. The number of hydrogen-bond donors (Lipinski definition) is 0. The molecule has 0 aliphatic rings. The maximum absolute atomic E-state index is 13.7. The summed E-state index contributed by atoms with van der Waals surface area (Å²) in [5, 5.41) is 0.757. The van der Waals surface area contributed by atoms with Gasteiger partial charge in [0.2, 0.25) is 0 Å². The summed E-state index contributed by atoms with van der Waals surface area (Å²) in [6.07, 6.45) is 0. The summed E-state index contributed by atoms with van der Waals surface area (Å²) < 4.78 is 13.7. The van der Waals surface area contributed by atoms with E-state index in [1.54, 1.807) is 0 Å². The topological polar surface area (TPSA) is 12.9 Å². The zero-order valence-corrected chi connectivity index (χ0v) is 12.4. The number of benzene rings is 1. The van der Waals surface area contributed by atoms with E-state index in [-0.39, 0.29) is 16.0 Å². The van der Waals surface area contributed by atoms with Crippen molar-refractivity contribution in [2.24, 2.45) is 0 Å². The molecular weight excluding hydrogens is 296 g/mol. The average Bonchev–Trinajstić information content (AvgIpc) is 2.24. The van der Waals surface area contributed by atoms with E-state index in [0.717, 1.165) is 11.3 Å². The number of aromatic nitrogens is 1. The van der Waals surface area contributed by atoms with Gasteiger partial charge < -0.3 is 0 Å². The van der Waals surface area contributed by atoms with Gasteiger partial charge >= 0.3 is 0 Å². The first-order valence-corrected chi connectivity index (χ1v) is 6.61. The van der Waals surface area contributed by atoms with Crippen LogP contribution in [0.1, 0.15) is 31.0 Å². The van der Waals surface area contributed by atoms with Crippen LogP contribution in [0, 0.1) is 12.7 Å². The molecule has 1 nitrogen and oxygen atoms in total.